The predicted octanol–water partition coefficient (Wildman–Crippen LogP) is 0.983. The molecule has 2 unspecified atom stereocenters. The Morgan fingerprint density at radius 2 is 2.19 bits per heavy atom. The number of hydrogen-bond acceptors (Lipinski definition) is 3. The highest BCUT2D eigenvalue weighted by Crippen LogP contribution is 2.22. The molecule has 1 fully saturated rings. The fourth-order valence-electron chi connectivity index (χ4n) is 2.01. The number of piperidine rings is 1. The Kier molecular flexibility index (Phi) is 5.01. The Morgan fingerprint density at radius 3 is 2.62 bits per heavy atom. The van der Waals surface area contributed by atoms with E-state index in [0.717, 1.165) is 19.4 Å². The Bertz CT molecular complexity index is 205. The van der Waals surface area contributed by atoms with Crippen molar-refractivity contribution in [3.63, 3.8) is 0 Å². The van der Waals surface area contributed by atoms with Gasteiger partial charge >= 0.3 is 6.18 Å². The van der Waals surface area contributed by atoms with Crippen LogP contribution in [0.15, 0.2) is 0 Å². The van der Waals surface area contributed by atoms with Crippen molar-refractivity contribution in [2.75, 3.05) is 26.2 Å². The third-order valence-corrected chi connectivity index (χ3v) is 2.98. The van der Waals surface area contributed by atoms with Gasteiger partial charge in [0.1, 0.15) is 0 Å². The summed E-state index contributed by atoms with van der Waals surface area (Å²) in [5.74, 6) is 0. The quantitative estimate of drug-likeness (QED) is 0.769. The minimum atomic E-state index is -4.52. The van der Waals surface area contributed by atoms with Gasteiger partial charge in [-0.25, -0.2) is 0 Å². The molecule has 0 aromatic heterocycles. The minimum Gasteiger partial charge on any atom is -0.382 e. The summed E-state index contributed by atoms with van der Waals surface area (Å²) >= 11 is 0. The second-order valence-corrected chi connectivity index (χ2v) is 4.15. The van der Waals surface area contributed by atoms with E-state index in [9.17, 15) is 13.2 Å². The number of aliphatic hydroxyl groups is 1. The van der Waals surface area contributed by atoms with Crippen LogP contribution < -0.4 is 5.32 Å². The van der Waals surface area contributed by atoms with E-state index in [2.05, 4.69) is 5.32 Å². The lowest BCUT2D eigenvalue weighted by molar-refractivity contribution is -0.209. The SMILES string of the molecule is CCN(CC(O)C(F)(F)F)C1CCCNC1. The first-order valence-electron chi connectivity index (χ1n) is 5.64. The Balaban J connectivity index is 2.47. The molecule has 0 aliphatic carbocycles. The van der Waals surface area contributed by atoms with Crippen molar-refractivity contribution in [2.45, 2.75) is 38.1 Å². The molecular formula is C10H19F3N2O. The number of alkyl halides is 3. The van der Waals surface area contributed by atoms with Crippen LogP contribution in [-0.2, 0) is 0 Å². The average molecular weight is 240 g/mol. The second kappa shape index (κ2) is 5.84. The molecule has 0 spiro atoms. The van der Waals surface area contributed by atoms with Gasteiger partial charge in [0, 0.05) is 19.1 Å². The van der Waals surface area contributed by atoms with Gasteiger partial charge < -0.3 is 10.4 Å². The van der Waals surface area contributed by atoms with Gasteiger partial charge in [-0.15, -0.1) is 0 Å². The first-order chi connectivity index (χ1) is 7.45. The zero-order valence-electron chi connectivity index (χ0n) is 9.43. The lowest BCUT2D eigenvalue weighted by Gasteiger charge is -2.35. The van der Waals surface area contributed by atoms with Crippen molar-refractivity contribution < 1.29 is 18.3 Å². The van der Waals surface area contributed by atoms with Gasteiger partial charge in [0.05, 0.1) is 0 Å². The van der Waals surface area contributed by atoms with Crippen LogP contribution in [-0.4, -0.2) is 54.5 Å². The predicted molar refractivity (Wildman–Crippen MR) is 55.2 cm³/mol. The second-order valence-electron chi connectivity index (χ2n) is 4.15. The molecule has 96 valence electrons. The van der Waals surface area contributed by atoms with Gasteiger partial charge in [0.2, 0.25) is 0 Å². The van der Waals surface area contributed by atoms with E-state index in [-0.39, 0.29) is 12.6 Å². The van der Waals surface area contributed by atoms with Crippen LogP contribution in [0.1, 0.15) is 19.8 Å². The summed E-state index contributed by atoms with van der Waals surface area (Å²) in [7, 11) is 0. The zero-order valence-corrected chi connectivity index (χ0v) is 9.43. The van der Waals surface area contributed by atoms with Crippen molar-refractivity contribution in [1.82, 2.24) is 10.2 Å². The number of nitrogens with one attached hydrogen (secondary N) is 1. The molecule has 0 aromatic carbocycles. The average Bonchev–Trinajstić information content (AvgIpc) is 2.25. The third kappa shape index (κ3) is 3.92. The summed E-state index contributed by atoms with van der Waals surface area (Å²) in [6, 6.07) is 0.107. The van der Waals surface area contributed by atoms with E-state index in [1.807, 2.05) is 6.92 Å². The molecule has 16 heavy (non-hydrogen) atoms. The van der Waals surface area contributed by atoms with E-state index >= 15 is 0 Å². The number of aliphatic hydroxyl groups excluding tert-OH is 1. The van der Waals surface area contributed by atoms with Gasteiger partial charge in [-0.2, -0.15) is 13.2 Å². The number of halogens is 3. The molecule has 1 heterocycles. The molecule has 0 amide bonds. The summed E-state index contributed by atoms with van der Waals surface area (Å²) < 4.78 is 36.7. The van der Waals surface area contributed by atoms with Gasteiger partial charge in [0.25, 0.3) is 0 Å². The maximum absolute atomic E-state index is 12.2. The van der Waals surface area contributed by atoms with Gasteiger partial charge in [-0.1, -0.05) is 6.92 Å². The van der Waals surface area contributed by atoms with Crippen molar-refractivity contribution in [1.29, 1.82) is 0 Å². The molecule has 3 nitrogen and oxygen atoms in total. The zero-order chi connectivity index (χ0) is 12.2. The molecule has 2 N–H and O–H groups in total. The smallest absolute Gasteiger partial charge is 0.382 e. The monoisotopic (exact) mass is 240 g/mol. The number of nitrogens with zero attached hydrogens (tertiary/aromatic N) is 1. The highest BCUT2D eigenvalue weighted by Gasteiger charge is 2.39. The number of rotatable bonds is 4. The van der Waals surface area contributed by atoms with Gasteiger partial charge in [0.15, 0.2) is 6.10 Å². The Labute approximate surface area is 93.6 Å². The van der Waals surface area contributed by atoms with Gasteiger partial charge in [-0.3, -0.25) is 4.90 Å². The first-order valence-corrected chi connectivity index (χ1v) is 5.64. The van der Waals surface area contributed by atoms with Crippen LogP contribution in [0.2, 0.25) is 0 Å². The van der Waals surface area contributed by atoms with E-state index < -0.39 is 12.3 Å². The molecule has 0 bridgehead atoms. The minimum absolute atomic E-state index is 0.107. The number of hydrogen-bond donors (Lipinski definition) is 2. The van der Waals surface area contributed by atoms with E-state index in [1.165, 1.54) is 0 Å². The summed E-state index contributed by atoms with van der Waals surface area (Å²) in [6.07, 6.45) is -4.89. The molecule has 1 saturated heterocycles. The normalized spacial score (nSPS) is 24.8. The van der Waals surface area contributed by atoms with E-state index in [0.29, 0.717) is 13.1 Å². The maximum Gasteiger partial charge on any atom is 0.415 e. The van der Waals surface area contributed by atoms with Crippen LogP contribution in [0.25, 0.3) is 0 Å². The lowest BCUT2D eigenvalue weighted by atomic mass is 10.1. The van der Waals surface area contributed by atoms with Crippen molar-refractivity contribution in [2.24, 2.45) is 0 Å². The summed E-state index contributed by atoms with van der Waals surface area (Å²) in [5.41, 5.74) is 0. The molecule has 2 atom stereocenters. The summed E-state index contributed by atoms with van der Waals surface area (Å²) in [6.45, 7) is 3.65. The van der Waals surface area contributed by atoms with E-state index in [4.69, 9.17) is 5.11 Å². The highest BCUT2D eigenvalue weighted by atomic mass is 19.4. The van der Waals surface area contributed by atoms with E-state index in [1.54, 1.807) is 4.90 Å². The molecule has 6 heteroatoms. The van der Waals surface area contributed by atoms with Crippen molar-refractivity contribution in [3.8, 4) is 0 Å². The van der Waals surface area contributed by atoms with Crippen LogP contribution in [0.3, 0.4) is 0 Å². The fraction of sp³-hybridized carbons (Fsp3) is 1.00. The largest absolute Gasteiger partial charge is 0.415 e. The molecule has 0 radical (unpaired) electrons. The molecule has 0 saturated carbocycles. The van der Waals surface area contributed by atoms with Gasteiger partial charge in [-0.05, 0) is 25.9 Å². The number of likely N-dealkylation sites (N-methyl/N-ethyl adjacent to an activating group) is 1. The van der Waals surface area contributed by atoms with Crippen molar-refractivity contribution >= 4 is 0 Å². The molecule has 1 rings (SSSR count). The Morgan fingerprint density at radius 1 is 1.50 bits per heavy atom. The Hall–Kier alpha value is -0.330. The van der Waals surface area contributed by atoms with Crippen LogP contribution in [0.4, 0.5) is 13.2 Å². The van der Waals surface area contributed by atoms with Crippen molar-refractivity contribution in [3.05, 3.63) is 0 Å². The lowest BCUT2D eigenvalue weighted by Crippen LogP contribution is -2.50. The summed E-state index contributed by atoms with van der Waals surface area (Å²) in [5, 5.41) is 12.2. The fourth-order valence-corrected chi connectivity index (χ4v) is 2.01. The molecule has 0 aromatic rings. The third-order valence-electron chi connectivity index (χ3n) is 2.98. The molecule has 1 aliphatic rings. The van der Waals surface area contributed by atoms with Crippen LogP contribution >= 0.6 is 0 Å². The molecule has 1 aliphatic heterocycles. The highest BCUT2D eigenvalue weighted by molar-refractivity contribution is 4.81. The standard InChI is InChI=1S/C10H19F3N2O/c1-2-15(7-9(16)10(11,12)13)8-4-3-5-14-6-8/h8-9,14,16H,2-7H2,1H3. The first kappa shape index (κ1) is 13.7. The van der Waals surface area contributed by atoms with Crippen LogP contribution in [0, 0.1) is 0 Å². The summed E-state index contributed by atoms with van der Waals surface area (Å²) in [4.78, 5) is 1.70. The van der Waals surface area contributed by atoms with Crippen LogP contribution in [0.5, 0.6) is 0 Å². The maximum atomic E-state index is 12.2. The topological polar surface area (TPSA) is 35.5 Å². The molecular weight excluding hydrogens is 221 g/mol.